The topological polar surface area (TPSA) is 95.8 Å². The number of hydrogen-bond acceptors (Lipinski definition) is 6. The summed E-state index contributed by atoms with van der Waals surface area (Å²) in [4.78, 5) is 9.07. The molecule has 0 radical (unpaired) electrons. The van der Waals surface area contributed by atoms with Gasteiger partial charge in [-0.2, -0.15) is 14.7 Å². The third-order valence-electron chi connectivity index (χ3n) is 4.97. The summed E-state index contributed by atoms with van der Waals surface area (Å²) in [5, 5.41) is 18.5. The summed E-state index contributed by atoms with van der Waals surface area (Å²) in [5.74, 6) is 1.29. The van der Waals surface area contributed by atoms with E-state index < -0.39 is 0 Å². The van der Waals surface area contributed by atoms with E-state index in [0.29, 0.717) is 5.92 Å². The van der Waals surface area contributed by atoms with E-state index in [1.165, 1.54) is 6.42 Å². The van der Waals surface area contributed by atoms with Crippen LogP contribution in [0.4, 0.5) is 11.5 Å². The molecule has 4 aromatic rings. The van der Waals surface area contributed by atoms with Gasteiger partial charge in [-0.05, 0) is 31.5 Å². The van der Waals surface area contributed by atoms with Gasteiger partial charge in [-0.25, -0.2) is 4.98 Å². The maximum absolute atomic E-state index is 4.98. The Morgan fingerprint density at radius 1 is 1.19 bits per heavy atom. The van der Waals surface area contributed by atoms with Crippen molar-refractivity contribution in [1.29, 1.82) is 0 Å². The predicted molar refractivity (Wildman–Crippen MR) is 103 cm³/mol. The first-order valence-corrected chi connectivity index (χ1v) is 9.14. The Morgan fingerprint density at radius 2 is 2.11 bits per heavy atom. The van der Waals surface area contributed by atoms with Gasteiger partial charge < -0.3 is 10.6 Å². The number of aromatic nitrogens is 6. The minimum Gasteiger partial charge on any atom is -0.340 e. The minimum atomic E-state index is 0.397. The van der Waals surface area contributed by atoms with Crippen molar-refractivity contribution in [3.05, 3.63) is 54.9 Å². The number of H-pyrrole nitrogens is 1. The van der Waals surface area contributed by atoms with Crippen molar-refractivity contribution in [1.82, 2.24) is 35.1 Å². The van der Waals surface area contributed by atoms with Gasteiger partial charge in [0.2, 0.25) is 0 Å². The summed E-state index contributed by atoms with van der Waals surface area (Å²) >= 11 is 0. The fraction of sp³-hybridized carbons (Fsp3) is 0.263. The molecule has 1 aliphatic rings. The Bertz CT molecular complexity index is 1030. The van der Waals surface area contributed by atoms with Crippen LogP contribution in [-0.2, 0) is 0 Å². The molecule has 1 unspecified atom stereocenters. The first-order valence-electron chi connectivity index (χ1n) is 9.14. The van der Waals surface area contributed by atoms with E-state index in [2.05, 4.69) is 37.0 Å². The molecule has 0 saturated carbocycles. The standard InChI is InChI=1S/C19H20N8/c1-2-13(9-21-5-1)17-8-18(25-15-3-6-20-7-4-15)27-19(26-17)16(12-24-27)14-10-22-23-11-14/h3-4,6-8,10-13,21H,1-2,5,9H2,(H,20,25)(H,22,23). The molecule has 0 amide bonds. The number of nitrogens with one attached hydrogen (secondary N) is 3. The fourth-order valence-electron chi connectivity index (χ4n) is 3.57. The summed E-state index contributed by atoms with van der Waals surface area (Å²) in [5.41, 5.74) is 4.82. The molecule has 0 spiro atoms. The Kier molecular flexibility index (Phi) is 4.02. The maximum Gasteiger partial charge on any atom is 0.165 e. The molecule has 1 fully saturated rings. The van der Waals surface area contributed by atoms with Gasteiger partial charge in [0.15, 0.2) is 5.65 Å². The smallest absolute Gasteiger partial charge is 0.165 e. The molecule has 27 heavy (non-hydrogen) atoms. The van der Waals surface area contributed by atoms with Crippen LogP contribution < -0.4 is 10.6 Å². The van der Waals surface area contributed by atoms with Crippen LogP contribution in [0.2, 0.25) is 0 Å². The van der Waals surface area contributed by atoms with Crippen molar-refractivity contribution < 1.29 is 0 Å². The van der Waals surface area contributed by atoms with Crippen molar-refractivity contribution in [3.63, 3.8) is 0 Å². The number of aromatic amines is 1. The van der Waals surface area contributed by atoms with Gasteiger partial charge in [-0.3, -0.25) is 10.1 Å². The summed E-state index contributed by atoms with van der Waals surface area (Å²) in [7, 11) is 0. The van der Waals surface area contributed by atoms with E-state index in [4.69, 9.17) is 4.98 Å². The second-order valence-corrected chi connectivity index (χ2v) is 6.75. The van der Waals surface area contributed by atoms with Gasteiger partial charge in [0.1, 0.15) is 5.82 Å². The fourth-order valence-corrected chi connectivity index (χ4v) is 3.57. The molecule has 5 heterocycles. The third-order valence-corrected chi connectivity index (χ3v) is 4.97. The van der Waals surface area contributed by atoms with E-state index in [9.17, 15) is 0 Å². The Labute approximate surface area is 156 Å². The number of rotatable bonds is 4. The second-order valence-electron chi connectivity index (χ2n) is 6.75. The molecule has 1 atom stereocenters. The predicted octanol–water partition coefficient (Wildman–Crippen LogP) is 2.72. The molecule has 4 aromatic heterocycles. The average molecular weight is 360 g/mol. The normalized spacial score (nSPS) is 17.3. The molecule has 8 heteroatoms. The van der Waals surface area contributed by atoms with Crippen LogP contribution in [0, 0.1) is 0 Å². The van der Waals surface area contributed by atoms with Gasteiger partial charge in [0.05, 0.1) is 18.1 Å². The monoisotopic (exact) mass is 360 g/mol. The van der Waals surface area contributed by atoms with Crippen LogP contribution in [0.15, 0.2) is 49.2 Å². The summed E-state index contributed by atoms with van der Waals surface area (Å²) in [6.45, 7) is 2.03. The zero-order valence-electron chi connectivity index (χ0n) is 14.8. The van der Waals surface area contributed by atoms with Gasteiger partial charge in [0.25, 0.3) is 0 Å². The summed E-state index contributed by atoms with van der Waals surface area (Å²) in [6.07, 6.45) is 11.3. The lowest BCUT2D eigenvalue weighted by molar-refractivity contribution is 0.455. The largest absolute Gasteiger partial charge is 0.340 e. The number of anilines is 2. The average Bonchev–Trinajstić information content (AvgIpc) is 3.39. The number of nitrogens with zero attached hydrogens (tertiary/aromatic N) is 5. The van der Waals surface area contributed by atoms with Crippen LogP contribution in [0.25, 0.3) is 16.8 Å². The number of hydrogen-bond donors (Lipinski definition) is 3. The van der Waals surface area contributed by atoms with Crippen molar-refractivity contribution in [2.45, 2.75) is 18.8 Å². The molecule has 1 saturated heterocycles. The zero-order chi connectivity index (χ0) is 18.1. The van der Waals surface area contributed by atoms with Crippen LogP contribution >= 0.6 is 0 Å². The molecule has 0 bridgehead atoms. The lowest BCUT2D eigenvalue weighted by Gasteiger charge is -2.23. The van der Waals surface area contributed by atoms with Crippen LogP contribution in [0.1, 0.15) is 24.5 Å². The first kappa shape index (κ1) is 16.0. The van der Waals surface area contributed by atoms with Crippen molar-refractivity contribution in [2.75, 3.05) is 18.4 Å². The lowest BCUT2D eigenvalue weighted by Crippen LogP contribution is -2.29. The molecule has 0 aliphatic carbocycles. The van der Waals surface area contributed by atoms with Crippen molar-refractivity contribution in [3.8, 4) is 11.1 Å². The Hall–Kier alpha value is -3.26. The summed E-state index contributed by atoms with van der Waals surface area (Å²) in [6, 6.07) is 5.99. The highest BCUT2D eigenvalue weighted by atomic mass is 15.3. The SMILES string of the molecule is c1cc(Nc2cc(C3CCCNC3)nc3c(-c4cn[nH]c4)cnn23)ccn1. The molecule has 136 valence electrons. The first-order chi connectivity index (χ1) is 13.4. The quantitative estimate of drug-likeness (QED) is 0.518. The van der Waals surface area contributed by atoms with E-state index >= 15 is 0 Å². The Balaban J connectivity index is 1.65. The van der Waals surface area contributed by atoms with Gasteiger partial charge in [-0.1, -0.05) is 0 Å². The number of pyridine rings is 1. The molecule has 8 nitrogen and oxygen atoms in total. The molecular weight excluding hydrogens is 340 g/mol. The van der Waals surface area contributed by atoms with E-state index in [-0.39, 0.29) is 0 Å². The molecule has 3 N–H and O–H groups in total. The van der Waals surface area contributed by atoms with Gasteiger partial charge in [0, 0.05) is 53.9 Å². The third kappa shape index (κ3) is 3.04. The van der Waals surface area contributed by atoms with Gasteiger partial charge in [-0.15, -0.1) is 0 Å². The highest BCUT2D eigenvalue weighted by Gasteiger charge is 2.21. The summed E-state index contributed by atoms with van der Waals surface area (Å²) < 4.78 is 1.85. The maximum atomic E-state index is 4.98. The van der Waals surface area contributed by atoms with Crippen molar-refractivity contribution >= 4 is 17.2 Å². The van der Waals surface area contributed by atoms with E-state index in [0.717, 1.165) is 53.5 Å². The molecule has 0 aromatic carbocycles. The highest BCUT2D eigenvalue weighted by molar-refractivity contribution is 5.78. The number of piperidine rings is 1. The molecule has 5 rings (SSSR count). The zero-order valence-corrected chi connectivity index (χ0v) is 14.8. The second kappa shape index (κ2) is 6.81. The Morgan fingerprint density at radius 3 is 2.89 bits per heavy atom. The van der Waals surface area contributed by atoms with Gasteiger partial charge >= 0.3 is 0 Å². The molecule has 1 aliphatic heterocycles. The van der Waals surface area contributed by atoms with Crippen LogP contribution in [0.3, 0.4) is 0 Å². The van der Waals surface area contributed by atoms with Crippen LogP contribution in [0.5, 0.6) is 0 Å². The van der Waals surface area contributed by atoms with E-state index in [1.54, 1.807) is 18.6 Å². The number of fused-ring (bicyclic) bond motifs is 1. The van der Waals surface area contributed by atoms with Crippen LogP contribution in [-0.4, -0.2) is 42.9 Å². The molecular formula is C19H20N8. The lowest BCUT2D eigenvalue weighted by atomic mass is 9.96. The minimum absolute atomic E-state index is 0.397. The van der Waals surface area contributed by atoms with E-state index in [1.807, 2.05) is 29.0 Å². The highest BCUT2D eigenvalue weighted by Crippen LogP contribution is 2.30. The van der Waals surface area contributed by atoms with Crippen molar-refractivity contribution in [2.24, 2.45) is 0 Å².